The van der Waals surface area contributed by atoms with Crippen LogP contribution in [0, 0.1) is 6.92 Å². The maximum atomic E-state index is 12.5. The minimum absolute atomic E-state index is 0.00518. The predicted octanol–water partition coefficient (Wildman–Crippen LogP) is 2.63. The molecule has 0 bridgehead atoms. The highest BCUT2D eigenvalue weighted by atomic mass is 16.5. The molecule has 0 saturated carbocycles. The number of benzene rings is 1. The number of ether oxygens (including phenoxy) is 1. The molecule has 0 aliphatic carbocycles. The van der Waals surface area contributed by atoms with E-state index in [1.54, 1.807) is 7.11 Å². The van der Waals surface area contributed by atoms with E-state index in [0.29, 0.717) is 0 Å². The SMILES string of the molecule is CCC1NC(c2ccc(C)cc2)N(CCCCOC)C1=O. The lowest BCUT2D eigenvalue weighted by atomic mass is 10.1. The first-order valence-corrected chi connectivity index (χ1v) is 7.79. The van der Waals surface area contributed by atoms with Crippen LogP contribution in [0.4, 0.5) is 0 Å². The molecule has 1 aliphatic heterocycles. The smallest absolute Gasteiger partial charge is 0.241 e. The molecule has 4 nitrogen and oxygen atoms in total. The monoisotopic (exact) mass is 290 g/mol. The summed E-state index contributed by atoms with van der Waals surface area (Å²) in [5.41, 5.74) is 2.40. The van der Waals surface area contributed by atoms with E-state index in [1.807, 2.05) is 4.90 Å². The van der Waals surface area contributed by atoms with Gasteiger partial charge < -0.3 is 9.64 Å². The third-order valence-corrected chi connectivity index (χ3v) is 4.05. The largest absolute Gasteiger partial charge is 0.385 e. The van der Waals surface area contributed by atoms with E-state index in [0.717, 1.165) is 38.0 Å². The van der Waals surface area contributed by atoms with Gasteiger partial charge in [0.25, 0.3) is 0 Å². The summed E-state index contributed by atoms with van der Waals surface area (Å²) in [7, 11) is 1.71. The van der Waals surface area contributed by atoms with Crippen LogP contribution >= 0.6 is 0 Å². The van der Waals surface area contributed by atoms with Crippen LogP contribution in [0.15, 0.2) is 24.3 Å². The molecule has 2 unspecified atom stereocenters. The van der Waals surface area contributed by atoms with Crippen LogP contribution in [0.1, 0.15) is 43.5 Å². The Balaban J connectivity index is 2.08. The Hall–Kier alpha value is -1.39. The van der Waals surface area contributed by atoms with Crippen LogP contribution in [0.2, 0.25) is 0 Å². The van der Waals surface area contributed by atoms with Gasteiger partial charge >= 0.3 is 0 Å². The highest BCUT2D eigenvalue weighted by molar-refractivity contribution is 5.84. The maximum Gasteiger partial charge on any atom is 0.241 e. The fourth-order valence-electron chi connectivity index (χ4n) is 2.76. The van der Waals surface area contributed by atoms with E-state index < -0.39 is 0 Å². The molecule has 4 heteroatoms. The lowest BCUT2D eigenvalue weighted by Gasteiger charge is -2.24. The first kappa shape index (κ1) is 16.0. The number of aryl methyl sites for hydroxylation is 1. The number of amides is 1. The molecule has 1 aromatic rings. The Morgan fingerprint density at radius 1 is 1.24 bits per heavy atom. The summed E-state index contributed by atoms with van der Waals surface area (Å²) in [6, 6.07) is 8.37. The molecule has 1 N–H and O–H groups in total. The van der Waals surface area contributed by atoms with Crippen molar-refractivity contribution < 1.29 is 9.53 Å². The molecule has 1 heterocycles. The van der Waals surface area contributed by atoms with Gasteiger partial charge in [0, 0.05) is 20.3 Å². The third-order valence-electron chi connectivity index (χ3n) is 4.05. The molecule has 0 aromatic heterocycles. The first-order valence-electron chi connectivity index (χ1n) is 7.79. The molecule has 1 aromatic carbocycles. The number of hydrogen-bond donors (Lipinski definition) is 1. The number of rotatable bonds is 7. The number of nitrogens with zero attached hydrogens (tertiary/aromatic N) is 1. The third kappa shape index (κ3) is 3.83. The van der Waals surface area contributed by atoms with Gasteiger partial charge in [0.15, 0.2) is 0 Å². The van der Waals surface area contributed by atoms with Gasteiger partial charge in [0.05, 0.1) is 6.04 Å². The van der Waals surface area contributed by atoms with Crippen molar-refractivity contribution >= 4 is 5.91 Å². The zero-order valence-electron chi connectivity index (χ0n) is 13.3. The van der Waals surface area contributed by atoms with E-state index in [9.17, 15) is 4.79 Å². The van der Waals surface area contributed by atoms with Gasteiger partial charge in [-0.15, -0.1) is 0 Å². The van der Waals surface area contributed by atoms with E-state index in [-0.39, 0.29) is 18.1 Å². The van der Waals surface area contributed by atoms with Crippen LogP contribution in [-0.2, 0) is 9.53 Å². The van der Waals surface area contributed by atoms with Gasteiger partial charge in [-0.05, 0) is 31.7 Å². The van der Waals surface area contributed by atoms with Crippen LogP contribution in [-0.4, -0.2) is 37.1 Å². The summed E-state index contributed by atoms with van der Waals surface area (Å²) >= 11 is 0. The average Bonchev–Trinajstić information content (AvgIpc) is 2.81. The molecule has 2 atom stereocenters. The van der Waals surface area contributed by atoms with Gasteiger partial charge in [-0.1, -0.05) is 36.8 Å². The standard InChI is InChI=1S/C17H26N2O2/c1-4-15-17(20)19(11-5-6-12-21-3)16(18-15)14-9-7-13(2)8-10-14/h7-10,15-16,18H,4-6,11-12H2,1-3H3. The first-order chi connectivity index (χ1) is 10.2. The Morgan fingerprint density at radius 3 is 2.57 bits per heavy atom. The summed E-state index contributed by atoms with van der Waals surface area (Å²) in [5.74, 6) is 0.223. The molecule has 0 spiro atoms. The summed E-state index contributed by atoms with van der Waals surface area (Å²) in [6.07, 6.45) is 2.79. The van der Waals surface area contributed by atoms with Crippen molar-refractivity contribution in [3.8, 4) is 0 Å². The second-order valence-electron chi connectivity index (χ2n) is 5.67. The second-order valence-corrected chi connectivity index (χ2v) is 5.67. The Morgan fingerprint density at radius 2 is 1.95 bits per heavy atom. The van der Waals surface area contributed by atoms with Crippen molar-refractivity contribution in [3.63, 3.8) is 0 Å². The van der Waals surface area contributed by atoms with Gasteiger partial charge in [-0.3, -0.25) is 10.1 Å². The van der Waals surface area contributed by atoms with Crippen LogP contribution in [0.3, 0.4) is 0 Å². The Bertz CT molecular complexity index is 458. The van der Waals surface area contributed by atoms with E-state index in [2.05, 4.69) is 43.4 Å². The minimum Gasteiger partial charge on any atom is -0.385 e. The summed E-state index contributed by atoms with van der Waals surface area (Å²) in [4.78, 5) is 14.5. The Kier molecular flexibility index (Phi) is 5.76. The van der Waals surface area contributed by atoms with Crippen LogP contribution in [0.5, 0.6) is 0 Å². The minimum atomic E-state index is -0.0567. The predicted molar refractivity (Wildman–Crippen MR) is 84.0 cm³/mol. The number of hydrogen-bond acceptors (Lipinski definition) is 3. The quantitative estimate of drug-likeness (QED) is 0.785. The number of methoxy groups -OCH3 is 1. The van der Waals surface area contributed by atoms with Crippen molar-refractivity contribution in [2.75, 3.05) is 20.3 Å². The maximum absolute atomic E-state index is 12.5. The molecule has 1 fully saturated rings. The highest BCUT2D eigenvalue weighted by Crippen LogP contribution is 2.27. The highest BCUT2D eigenvalue weighted by Gasteiger charge is 2.37. The summed E-state index contributed by atoms with van der Waals surface area (Å²) < 4.78 is 5.08. The molecule has 1 amide bonds. The van der Waals surface area contributed by atoms with Gasteiger partial charge in [0.2, 0.25) is 5.91 Å². The van der Waals surface area contributed by atoms with Gasteiger partial charge in [-0.25, -0.2) is 0 Å². The number of carbonyl (C=O) groups is 1. The molecular weight excluding hydrogens is 264 g/mol. The molecule has 116 valence electrons. The van der Waals surface area contributed by atoms with Crippen molar-refractivity contribution in [1.29, 1.82) is 0 Å². The van der Waals surface area contributed by atoms with Gasteiger partial charge in [-0.2, -0.15) is 0 Å². The number of nitrogens with one attached hydrogen (secondary N) is 1. The van der Waals surface area contributed by atoms with Crippen molar-refractivity contribution in [2.24, 2.45) is 0 Å². The second kappa shape index (κ2) is 7.57. The van der Waals surface area contributed by atoms with Gasteiger partial charge in [0.1, 0.15) is 6.17 Å². The van der Waals surface area contributed by atoms with Crippen molar-refractivity contribution in [1.82, 2.24) is 10.2 Å². The van der Waals surface area contributed by atoms with E-state index in [4.69, 9.17) is 4.74 Å². The summed E-state index contributed by atoms with van der Waals surface area (Å²) in [6.45, 7) is 5.66. The van der Waals surface area contributed by atoms with Crippen LogP contribution < -0.4 is 5.32 Å². The molecule has 1 saturated heterocycles. The zero-order valence-corrected chi connectivity index (χ0v) is 13.3. The molecular formula is C17H26N2O2. The summed E-state index contributed by atoms with van der Waals surface area (Å²) in [5, 5.41) is 3.46. The lowest BCUT2D eigenvalue weighted by Crippen LogP contribution is -2.32. The fourth-order valence-corrected chi connectivity index (χ4v) is 2.76. The molecule has 1 aliphatic rings. The molecule has 2 rings (SSSR count). The normalized spacial score (nSPS) is 22.0. The average molecular weight is 290 g/mol. The Labute approximate surface area is 127 Å². The molecule has 0 radical (unpaired) electrons. The van der Waals surface area contributed by atoms with E-state index in [1.165, 1.54) is 5.56 Å². The number of unbranched alkanes of at least 4 members (excludes halogenated alkanes) is 1. The van der Waals surface area contributed by atoms with Crippen LogP contribution in [0.25, 0.3) is 0 Å². The lowest BCUT2D eigenvalue weighted by molar-refractivity contribution is -0.130. The topological polar surface area (TPSA) is 41.6 Å². The zero-order chi connectivity index (χ0) is 15.2. The van der Waals surface area contributed by atoms with E-state index >= 15 is 0 Å². The molecule has 21 heavy (non-hydrogen) atoms. The van der Waals surface area contributed by atoms with Crippen molar-refractivity contribution in [2.45, 2.75) is 45.3 Å². The number of carbonyl (C=O) groups excluding carboxylic acids is 1. The fraction of sp³-hybridized carbons (Fsp3) is 0.588. The van der Waals surface area contributed by atoms with Crippen molar-refractivity contribution in [3.05, 3.63) is 35.4 Å².